The van der Waals surface area contributed by atoms with Crippen LogP contribution in [0, 0.1) is 0 Å². The van der Waals surface area contributed by atoms with Crippen LogP contribution in [0.25, 0.3) is 0 Å². The molecule has 0 saturated heterocycles. The number of benzene rings is 1. The fraction of sp³-hybridized carbons (Fsp3) is 0.600. The van der Waals surface area contributed by atoms with Gasteiger partial charge in [0.15, 0.2) is 0 Å². The van der Waals surface area contributed by atoms with Gasteiger partial charge in [0.25, 0.3) is 0 Å². The molecule has 0 aromatic heterocycles. The van der Waals surface area contributed by atoms with Crippen LogP contribution in [-0.4, -0.2) is 30.2 Å². The van der Waals surface area contributed by atoms with Gasteiger partial charge in [-0.3, -0.25) is 4.90 Å². The molecule has 0 fully saturated rings. The van der Waals surface area contributed by atoms with Crippen molar-refractivity contribution in [3.63, 3.8) is 0 Å². The van der Waals surface area contributed by atoms with Gasteiger partial charge in [0.05, 0.1) is 6.54 Å². The molecule has 1 heterocycles. The third kappa shape index (κ3) is 4.21. The van der Waals surface area contributed by atoms with E-state index in [1.54, 1.807) is 13.8 Å². The minimum absolute atomic E-state index is 0.134. The van der Waals surface area contributed by atoms with E-state index in [0.29, 0.717) is 6.54 Å². The monoisotopic (exact) mass is 286 g/mol. The normalized spacial score (nSPS) is 15.8. The molecule has 0 radical (unpaired) electrons. The van der Waals surface area contributed by atoms with Crippen LogP contribution in [-0.2, 0) is 19.5 Å². The van der Waals surface area contributed by atoms with Gasteiger partial charge in [-0.05, 0) is 43.5 Å². The maximum atomic E-state index is 12.6. The molecule has 20 heavy (non-hydrogen) atoms. The molecule has 1 aliphatic heterocycles. The van der Waals surface area contributed by atoms with Crippen LogP contribution in [0.5, 0.6) is 0 Å². The Bertz CT molecular complexity index is 455. The largest absolute Gasteiger partial charge is 0.401 e. The van der Waals surface area contributed by atoms with Crippen molar-refractivity contribution >= 4 is 0 Å². The first-order valence-corrected chi connectivity index (χ1v) is 6.97. The molecule has 1 aromatic carbocycles. The molecule has 0 unspecified atom stereocenters. The van der Waals surface area contributed by atoms with Gasteiger partial charge in [-0.2, -0.15) is 13.2 Å². The van der Waals surface area contributed by atoms with Gasteiger partial charge in [-0.15, -0.1) is 0 Å². The Hall–Kier alpha value is -1.07. The number of halogens is 3. The number of hydrogen-bond acceptors (Lipinski definition) is 2. The van der Waals surface area contributed by atoms with E-state index in [9.17, 15) is 13.2 Å². The van der Waals surface area contributed by atoms with Gasteiger partial charge in [0, 0.05) is 19.1 Å². The van der Waals surface area contributed by atoms with E-state index < -0.39 is 12.7 Å². The van der Waals surface area contributed by atoms with Crippen LogP contribution in [0.2, 0.25) is 0 Å². The van der Waals surface area contributed by atoms with E-state index in [2.05, 4.69) is 11.4 Å². The van der Waals surface area contributed by atoms with Crippen molar-refractivity contribution in [3.8, 4) is 0 Å². The minimum atomic E-state index is -4.15. The fourth-order valence-corrected chi connectivity index (χ4v) is 2.52. The van der Waals surface area contributed by atoms with Gasteiger partial charge >= 0.3 is 6.18 Å². The van der Waals surface area contributed by atoms with Crippen molar-refractivity contribution < 1.29 is 13.2 Å². The Morgan fingerprint density at radius 3 is 2.65 bits per heavy atom. The molecule has 0 spiro atoms. The van der Waals surface area contributed by atoms with E-state index in [1.807, 2.05) is 12.1 Å². The standard InChI is InChI=1S/C15H21F3N2/c1-11(2)20(10-15(16,17)18)9-12-3-4-13-5-6-19-8-14(13)7-12/h3-4,7,11,19H,5-6,8-10H2,1-2H3. The van der Waals surface area contributed by atoms with Gasteiger partial charge < -0.3 is 5.32 Å². The van der Waals surface area contributed by atoms with E-state index in [1.165, 1.54) is 16.0 Å². The zero-order valence-corrected chi connectivity index (χ0v) is 11.9. The lowest BCUT2D eigenvalue weighted by Crippen LogP contribution is -2.38. The van der Waals surface area contributed by atoms with Gasteiger partial charge in [-0.25, -0.2) is 0 Å². The lowest BCUT2D eigenvalue weighted by atomic mass is 9.98. The molecule has 0 saturated carbocycles. The molecule has 0 bridgehead atoms. The smallest absolute Gasteiger partial charge is 0.312 e. The summed E-state index contributed by atoms with van der Waals surface area (Å²) in [5.41, 5.74) is 3.47. The second-order valence-corrected chi connectivity index (χ2v) is 5.64. The lowest BCUT2D eigenvalue weighted by Gasteiger charge is -2.28. The number of rotatable bonds is 4. The molecular formula is C15H21F3N2. The Morgan fingerprint density at radius 2 is 2.00 bits per heavy atom. The fourth-order valence-electron chi connectivity index (χ4n) is 2.52. The highest BCUT2D eigenvalue weighted by Crippen LogP contribution is 2.22. The quantitative estimate of drug-likeness (QED) is 0.915. The lowest BCUT2D eigenvalue weighted by molar-refractivity contribution is -0.150. The molecule has 1 aliphatic rings. The van der Waals surface area contributed by atoms with Crippen molar-refractivity contribution in [1.82, 2.24) is 10.2 Å². The summed E-state index contributed by atoms with van der Waals surface area (Å²) in [6.45, 7) is 4.85. The highest BCUT2D eigenvalue weighted by Gasteiger charge is 2.31. The Balaban J connectivity index is 2.10. The average Bonchev–Trinajstić information content (AvgIpc) is 2.36. The zero-order chi connectivity index (χ0) is 14.8. The minimum Gasteiger partial charge on any atom is -0.312 e. The second-order valence-electron chi connectivity index (χ2n) is 5.64. The van der Waals surface area contributed by atoms with Crippen LogP contribution in [0.4, 0.5) is 13.2 Å². The van der Waals surface area contributed by atoms with Crippen molar-refractivity contribution in [1.29, 1.82) is 0 Å². The number of alkyl halides is 3. The summed E-state index contributed by atoms with van der Waals surface area (Å²) in [5.74, 6) is 0. The number of fused-ring (bicyclic) bond motifs is 1. The van der Waals surface area contributed by atoms with E-state index in [4.69, 9.17) is 0 Å². The molecule has 2 rings (SSSR count). The van der Waals surface area contributed by atoms with E-state index >= 15 is 0 Å². The van der Waals surface area contributed by atoms with Gasteiger partial charge in [0.2, 0.25) is 0 Å². The highest BCUT2D eigenvalue weighted by molar-refractivity contribution is 5.33. The zero-order valence-electron chi connectivity index (χ0n) is 11.9. The van der Waals surface area contributed by atoms with Crippen molar-refractivity contribution in [3.05, 3.63) is 34.9 Å². The summed E-state index contributed by atoms with van der Waals surface area (Å²) in [7, 11) is 0. The maximum Gasteiger partial charge on any atom is 0.401 e. The van der Waals surface area contributed by atoms with Gasteiger partial charge in [0.1, 0.15) is 0 Å². The topological polar surface area (TPSA) is 15.3 Å². The highest BCUT2D eigenvalue weighted by atomic mass is 19.4. The second kappa shape index (κ2) is 6.14. The predicted molar refractivity (Wildman–Crippen MR) is 73.5 cm³/mol. The van der Waals surface area contributed by atoms with E-state index in [-0.39, 0.29) is 6.04 Å². The number of nitrogens with one attached hydrogen (secondary N) is 1. The Morgan fingerprint density at radius 1 is 1.25 bits per heavy atom. The van der Waals surface area contributed by atoms with Crippen molar-refractivity contribution in [2.24, 2.45) is 0 Å². The summed E-state index contributed by atoms with van der Waals surface area (Å²) >= 11 is 0. The third-order valence-electron chi connectivity index (χ3n) is 3.66. The van der Waals surface area contributed by atoms with Crippen LogP contribution >= 0.6 is 0 Å². The summed E-state index contributed by atoms with van der Waals surface area (Å²) < 4.78 is 37.8. The average molecular weight is 286 g/mol. The predicted octanol–water partition coefficient (Wildman–Crippen LogP) is 3.11. The third-order valence-corrected chi connectivity index (χ3v) is 3.66. The summed E-state index contributed by atoms with van der Waals surface area (Å²) in [4.78, 5) is 1.46. The maximum absolute atomic E-state index is 12.6. The Kier molecular flexibility index (Phi) is 4.70. The first kappa shape index (κ1) is 15.3. The molecule has 0 atom stereocenters. The van der Waals surface area contributed by atoms with Crippen molar-refractivity contribution in [2.45, 2.75) is 45.6 Å². The van der Waals surface area contributed by atoms with Gasteiger partial charge in [-0.1, -0.05) is 18.2 Å². The SMILES string of the molecule is CC(C)N(Cc1ccc2c(c1)CNCC2)CC(F)(F)F. The van der Waals surface area contributed by atoms with Crippen LogP contribution in [0.3, 0.4) is 0 Å². The molecule has 0 amide bonds. The Labute approximate surface area is 118 Å². The number of hydrogen-bond donors (Lipinski definition) is 1. The van der Waals surface area contributed by atoms with Crippen LogP contribution in [0.15, 0.2) is 18.2 Å². The molecule has 2 nitrogen and oxygen atoms in total. The molecular weight excluding hydrogens is 265 g/mol. The van der Waals surface area contributed by atoms with E-state index in [0.717, 1.165) is 25.1 Å². The summed E-state index contributed by atoms with van der Waals surface area (Å²) in [6.07, 6.45) is -3.16. The molecule has 0 aliphatic carbocycles. The molecule has 1 aromatic rings. The first-order valence-electron chi connectivity index (χ1n) is 6.97. The first-order chi connectivity index (χ1) is 9.35. The van der Waals surface area contributed by atoms with Crippen LogP contribution < -0.4 is 5.32 Å². The molecule has 5 heteroatoms. The van der Waals surface area contributed by atoms with Crippen LogP contribution in [0.1, 0.15) is 30.5 Å². The van der Waals surface area contributed by atoms with Crippen molar-refractivity contribution in [2.75, 3.05) is 13.1 Å². The summed E-state index contributed by atoms with van der Waals surface area (Å²) in [5, 5.41) is 3.29. The summed E-state index contributed by atoms with van der Waals surface area (Å²) in [6, 6.07) is 5.91. The number of nitrogens with zero attached hydrogens (tertiary/aromatic N) is 1. The molecule has 1 N–H and O–H groups in total. The molecule has 112 valence electrons.